The Bertz CT molecular complexity index is 424. The molecule has 9 heteroatoms. The van der Waals surface area contributed by atoms with Gasteiger partial charge in [0.2, 0.25) is 6.29 Å². The van der Waals surface area contributed by atoms with Crippen LogP contribution in [0.4, 0.5) is 0 Å². The van der Waals surface area contributed by atoms with Gasteiger partial charge in [-0.3, -0.25) is 0 Å². The number of aliphatic hydroxyl groups excluding tert-OH is 2. The summed E-state index contributed by atoms with van der Waals surface area (Å²) in [5, 5.41) is 23.8. The van der Waals surface area contributed by atoms with Crippen molar-refractivity contribution in [3.05, 3.63) is 11.8 Å². The fourth-order valence-electron chi connectivity index (χ4n) is 3.12. The molecule has 0 aromatic heterocycles. The van der Waals surface area contributed by atoms with E-state index in [4.69, 9.17) is 31.4 Å². The number of ether oxygens (including phenoxy) is 3. The molecule has 0 aromatic rings. The van der Waals surface area contributed by atoms with Crippen molar-refractivity contribution in [3.63, 3.8) is 0 Å². The van der Waals surface area contributed by atoms with Crippen LogP contribution >= 0.6 is 0 Å². The molecule has 0 bridgehead atoms. The average Bonchev–Trinajstić information content (AvgIpc) is 2.56. The minimum absolute atomic E-state index is 0.235. The van der Waals surface area contributed by atoms with Crippen LogP contribution in [0.3, 0.4) is 0 Å². The van der Waals surface area contributed by atoms with Crippen LogP contribution in [0.15, 0.2) is 11.8 Å². The van der Waals surface area contributed by atoms with E-state index < -0.39 is 48.8 Å². The smallest absolute Gasteiger partial charge is 0.215 e. The zero-order valence-corrected chi connectivity index (χ0v) is 13.5. The SMILES string of the molecule is CN[C@H]1[C@H](O)[C@@H](O[C@@H]2OC(CN)=CC[C@@H]2N)[C@@H](N)[C@H](O)[C@@H]1OC. The summed E-state index contributed by atoms with van der Waals surface area (Å²) in [6, 6.07) is -1.79. The lowest BCUT2D eigenvalue weighted by atomic mass is 9.81. The first kappa shape index (κ1) is 18.6. The number of likely N-dealkylation sites (N-methyl/N-ethyl adjacent to an activating group) is 1. The van der Waals surface area contributed by atoms with E-state index in [0.717, 1.165) is 0 Å². The molecule has 9 nitrogen and oxygen atoms in total. The number of methoxy groups -OCH3 is 1. The zero-order valence-electron chi connectivity index (χ0n) is 13.5. The minimum atomic E-state index is -1.00. The highest BCUT2D eigenvalue weighted by Gasteiger charge is 2.50. The van der Waals surface area contributed by atoms with Crippen molar-refractivity contribution in [1.82, 2.24) is 5.32 Å². The molecule has 1 saturated carbocycles. The van der Waals surface area contributed by atoms with Gasteiger partial charge >= 0.3 is 0 Å². The van der Waals surface area contributed by atoms with Crippen LogP contribution in [-0.4, -0.2) is 79.7 Å². The number of nitrogens with two attached hydrogens (primary N) is 3. The van der Waals surface area contributed by atoms with E-state index >= 15 is 0 Å². The largest absolute Gasteiger partial charge is 0.467 e. The van der Waals surface area contributed by atoms with Gasteiger partial charge in [-0.2, -0.15) is 0 Å². The summed E-state index contributed by atoms with van der Waals surface area (Å²) < 4.78 is 16.7. The molecular formula is C14H28N4O5. The van der Waals surface area contributed by atoms with Crippen LogP contribution in [0.25, 0.3) is 0 Å². The van der Waals surface area contributed by atoms with Gasteiger partial charge in [0.1, 0.15) is 18.0 Å². The summed E-state index contributed by atoms with van der Waals surface area (Å²) in [6.07, 6.45) is -1.93. The average molecular weight is 332 g/mol. The van der Waals surface area contributed by atoms with Gasteiger partial charge in [-0.1, -0.05) is 0 Å². The highest BCUT2D eigenvalue weighted by atomic mass is 16.7. The second-order valence-corrected chi connectivity index (χ2v) is 5.93. The third-order valence-electron chi connectivity index (χ3n) is 4.50. The predicted octanol–water partition coefficient (Wildman–Crippen LogP) is -3.05. The third kappa shape index (κ3) is 3.67. The molecule has 1 fully saturated rings. The second kappa shape index (κ2) is 7.86. The summed E-state index contributed by atoms with van der Waals surface area (Å²) in [6.45, 7) is 0.235. The highest BCUT2D eigenvalue weighted by Crippen LogP contribution is 2.27. The number of hydrogen-bond acceptors (Lipinski definition) is 9. The molecule has 0 aromatic carbocycles. The van der Waals surface area contributed by atoms with Crippen LogP contribution in [0, 0.1) is 0 Å². The van der Waals surface area contributed by atoms with E-state index in [-0.39, 0.29) is 6.54 Å². The van der Waals surface area contributed by atoms with E-state index in [2.05, 4.69) is 5.32 Å². The minimum Gasteiger partial charge on any atom is -0.467 e. The number of hydrogen-bond donors (Lipinski definition) is 6. The van der Waals surface area contributed by atoms with Crippen LogP contribution in [0.5, 0.6) is 0 Å². The quantitative estimate of drug-likeness (QED) is 0.307. The first-order chi connectivity index (χ1) is 10.9. The van der Waals surface area contributed by atoms with Crippen LogP contribution in [0.2, 0.25) is 0 Å². The van der Waals surface area contributed by atoms with Crippen molar-refractivity contribution in [3.8, 4) is 0 Å². The normalized spacial score (nSPS) is 44.6. The first-order valence-electron chi connectivity index (χ1n) is 7.73. The van der Waals surface area contributed by atoms with Crippen molar-refractivity contribution in [2.75, 3.05) is 20.7 Å². The lowest BCUT2D eigenvalue weighted by Gasteiger charge is -2.47. The molecule has 1 aliphatic carbocycles. The maximum absolute atomic E-state index is 10.6. The fourth-order valence-corrected chi connectivity index (χ4v) is 3.12. The molecular weight excluding hydrogens is 304 g/mol. The third-order valence-corrected chi connectivity index (χ3v) is 4.50. The molecule has 2 aliphatic rings. The van der Waals surface area contributed by atoms with Gasteiger partial charge in [-0.05, 0) is 19.5 Å². The summed E-state index contributed by atoms with van der Waals surface area (Å²) in [5.41, 5.74) is 17.6. The van der Waals surface area contributed by atoms with E-state index in [1.807, 2.05) is 6.08 Å². The second-order valence-electron chi connectivity index (χ2n) is 5.93. The van der Waals surface area contributed by atoms with E-state index in [9.17, 15) is 10.2 Å². The monoisotopic (exact) mass is 332 g/mol. The van der Waals surface area contributed by atoms with E-state index in [1.54, 1.807) is 7.05 Å². The summed E-state index contributed by atoms with van der Waals surface area (Å²) >= 11 is 0. The lowest BCUT2D eigenvalue weighted by molar-refractivity contribution is -0.230. The van der Waals surface area contributed by atoms with Crippen molar-refractivity contribution in [1.29, 1.82) is 0 Å². The molecule has 1 heterocycles. The number of nitrogens with one attached hydrogen (secondary N) is 1. The summed E-state index contributed by atoms with van der Waals surface area (Å²) in [7, 11) is 3.12. The molecule has 0 amide bonds. The zero-order chi connectivity index (χ0) is 17.1. The van der Waals surface area contributed by atoms with Gasteiger partial charge in [0, 0.05) is 7.11 Å². The Hall–Kier alpha value is -0.780. The Morgan fingerprint density at radius 3 is 2.57 bits per heavy atom. The van der Waals surface area contributed by atoms with Gasteiger partial charge in [0.05, 0.1) is 36.9 Å². The van der Waals surface area contributed by atoms with Crippen molar-refractivity contribution in [2.45, 2.75) is 55.3 Å². The molecule has 0 unspecified atom stereocenters. The molecule has 2 rings (SSSR count). The van der Waals surface area contributed by atoms with Crippen LogP contribution in [0.1, 0.15) is 6.42 Å². The van der Waals surface area contributed by atoms with Gasteiger partial charge < -0.3 is 46.9 Å². The van der Waals surface area contributed by atoms with Crippen molar-refractivity contribution >= 4 is 0 Å². The molecule has 0 saturated heterocycles. The van der Waals surface area contributed by atoms with Crippen LogP contribution in [-0.2, 0) is 14.2 Å². The maximum Gasteiger partial charge on any atom is 0.215 e. The van der Waals surface area contributed by atoms with Gasteiger partial charge in [0.15, 0.2) is 0 Å². The lowest BCUT2D eigenvalue weighted by Crippen LogP contribution is -2.71. The molecule has 1 aliphatic heterocycles. The van der Waals surface area contributed by atoms with Crippen LogP contribution < -0.4 is 22.5 Å². The van der Waals surface area contributed by atoms with Crippen molar-refractivity contribution < 1.29 is 24.4 Å². The topological polar surface area (TPSA) is 158 Å². The Morgan fingerprint density at radius 1 is 1.30 bits per heavy atom. The van der Waals surface area contributed by atoms with Crippen molar-refractivity contribution in [2.24, 2.45) is 17.2 Å². The Balaban J connectivity index is 2.13. The van der Waals surface area contributed by atoms with Gasteiger partial charge in [0.25, 0.3) is 0 Å². The standard InChI is InChI=1S/C14H28N4O5/c1-18-9-11(20)12(8(17)10(19)13(9)21-2)23-14-7(16)4-3-6(5-15)22-14/h3,7-14,18-20H,4-5,15-17H2,1-2H3/t7-,8-,9-,10-,11-,12-,13+,14-/m0/s1. The highest BCUT2D eigenvalue weighted by molar-refractivity contribution is 5.06. The molecule has 23 heavy (non-hydrogen) atoms. The fraction of sp³-hybridized carbons (Fsp3) is 0.857. The van der Waals surface area contributed by atoms with E-state index in [1.165, 1.54) is 7.11 Å². The summed E-state index contributed by atoms with van der Waals surface area (Å²) in [5.74, 6) is 0.580. The van der Waals surface area contributed by atoms with Gasteiger partial charge in [-0.25, -0.2) is 0 Å². The molecule has 0 radical (unpaired) electrons. The number of aliphatic hydroxyl groups is 2. The Labute approximate surface area is 135 Å². The Morgan fingerprint density at radius 2 is 2.00 bits per heavy atom. The summed E-state index contributed by atoms with van der Waals surface area (Å²) in [4.78, 5) is 0. The Kier molecular flexibility index (Phi) is 6.34. The first-order valence-corrected chi connectivity index (χ1v) is 7.73. The van der Waals surface area contributed by atoms with E-state index in [0.29, 0.717) is 12.2 Å². The van der Waals surface area contributed by atoms with Gasteiger partial charge in [-0.15, -0.1) is 0 Å². The number of rotatable bonds is 5. The molecule has 0 spiro atoms. The predicted molar refractivity (Wildman–Crippen MR) is 83.1 cm³/mol. The molecule has 8 atom stereocenters. The molecule has 134 valence electrons. The maximum atomic E-state index is 10.6. The molecule has 9 N–H and O–H groups in total.